The predicted octanol–water partition coefficient (Wildman–Crippen LogP) is 0.665. The summed E-state index contributed by atoms with van der Waals surface area (Å²) in [5.41, 5.74) is 0.272. The Hall–Kier alpha value is -1.50. The van der Waals surface area contributed by atoms with Crippen molar-refractivity contribution >= 4 is 0 Å². The van der Waals surface area contributed by atoms with Crippen LogP contribution in [0.25, 0.3) is 0 Å². The molecular formula is C14H19NO5. The second kappa shape index (κ2) is 5.47. The van der Waals surface area contributed by atoms with Crippen LogP contribution < -0.4 is 19.5 Å². The average Bonchev–Trinajstić information content (AvgIpc) is 3.07. The number of rotatable bonds is 5. The summed E-state index contributed by atoms with van der Waals surface area (Å²) in [5, 5.41) is 13.4. The van der Waals surface area contributed by atoms with E-state index in [0.717, 1.165) is 5.56 Å². The van der Waals surface area contributed by atoms with Crippen molar-refractivity contribution in [1.29, 1.82) is 0 Å². The smallest absolute Gasteiger partial charge is 0.231 e. The highest BCUT2D eigenvalue weighted by atomic mass is 16.7. The summed E-state index contributed by atoms with van der Waals surface area (Å²) in [4.78, 5) is 0. The second-order valence-electron chi connectivity index (χ2n) is 5.16. The Bertz CT molecular complexity index is 485. The van der Waals surface area contributed by atoms with E-state index in [1.54, 1.807) is 7.11 Å². The van der Waals surface area contributed by atoms with Gasteiger partial charge in [0.2, 0.25) is 12.5 Å². The molecule has 2 N–H and O–H groups in total. The molecule has 6 nitrogen and oxygen atoms in total. The lowest BCUT2D eigenvalue weighted by Gasteiger charge is -2.20. The quantitative estimate of drug-likeness (QED) is 0.826. The minimum atomic E-state index is -0.750. The van der Waals surface area contributed by atoms with Gasteiger partial charge in [-0.2, -0.15) is 0 Å². The van der Waals surface area contributed by atoms with Gasteiger partial charge in [0.15, 0.2) is 11.5 Å². The summed E-state index contributed by atoms with van der Waals surface area (Å²) in [6, 6.07) is 3.84. The molecule has 20 heavy (non-hydrogen) atoms. The van der Waals surface area contributed by atoms with Crippen LogP contribution in [-0.4, -0.2) is 44.4 Å². The Morgan fingerprint density at radius 2 is 2.30 bits per heavy atom. The molecule has 2 aliphatic rings. The van der Waals surface area contributed by atoms with Crippen LogP contribution in [0.15, 0.2) is 12.1 Å². The van der Waals surface area contributed by atoms with Crippen molar-refractivity contribution in [1.82, 2.24) is 5.32 Å². The third-order valence-corrected chi connectivity index (χ3v) is 3.58. The van der Waals surface area contributed by atoms with E-state index in [1.807, 2.05) is 12.1 Å². The standard InChI is InChI=1S/C14H19NO5/c1-17-11-4-10(5-12-13(11)20-9-19-12)6-15-7-14(16)2-3-18-8-14/h4-5,15-16H,2-3,6-9H2,1H3. The maximum Gasteiger partial charge on any atom is 0.231 e. The van der Waals surface area contributed by atoms with E-state index in [-0.39, 0.29) is 6.79 Å². The van der Waals surface area contributed by atoms with Gasteiger partial charge in [-0.3, -0.25) is 0 Å². The molecule has 0 spiro atoms. The Kier molecular flexibility index (Phi) is 3.69. The molecule has 2 heterocycles. The van der Waals surface area contributed by atoms with E-state index in [2.05, 4.69) is 5.32 Å². The lowest BCUT2D eigenvalue weighted by Crippen LogP contribution is -2.40. The van der Waals surface area contributed by atoms with Crippen molar-refractivity contribution in [3.63, 3.8) is 0 Å². The number of nitrogens with one attached hydrogen (secondary N) is 1. The zero-order valence-electron chi connectivity index (χ0n) is 11.5. The Balaban J connectivity index is 1.63. The van der Waals surface area contributed by atoms with E-state index in [1.165, 1.54) is 0 Å². The molecule has 0 radical (unpaired) electrons. The average molecular weight is 281 g/mol. The number of fused-ring (bicyclic) bond motifs is 1. The van der Waals surface area contributed by atoms with Gasteiger partial charge in [0, 0.05) is 26.1 Å². The maximum atomic E-state index is 10.2. The van der Waals surface area contributed by atoms with Crippen molar-refractivity contribution in [3.8, 4) is 17.2 Å². The minimum Gasteiger partial charge on any atom is -0.493 e. The van der Waals surface area contributed by atoms with Crippen molar-refractivity contribution in [2.45, 2.75) is 18.6 Å². The topological polar surface area (TPSA) is 69.2 Å². The lowest BCUT2D eigenvalue weighted by molar-refractivity contribution is 0.0268. The molecule has 3 rings (SSSR count). The SMILES string of the molecule is COc1cc(CNCC2(O)CCOC2)cc2c1OCO2. The molecule has 0 aromatic heterocycles. The number of aliphatic hydroxyl groups is 1. The van der Waals surface area contributed by atoms with Gasteiger partial charge in [-0.15, -0.1) is 0 Å². The Morgan fingerprint density at radius 3 is 3.05 bits per heavy atom. The molecule has 0 aliphatic carbocycles. The summed E-state index contributed by atoms with van der Waals surface area (Å²) >= 11 is 0. The normalized spacial score (nSPS) is 24.1. The van der Waals surface area contributed by atoms with Gasteiger partial charge in [0.1, 0.15) is 5.60 Å². The lowest BCUT2D eigenvalue weighted by atomic mass is 10.0. The van der Waals surface area contributed by atoms with Crippen LogP contribution >= 0.6 is 0 Å². The molecule has 1 aromatic carbocycles. The Morgan fingerprint density at radius 1 is 1.40 bits per heavy atom. The van der Waals surface area contributed by atoms with Crippen LogP contribution in [0.3, 0.4) is 0 Å². The minimum absolute atomic E-state index is 0.222. The number of methoxy groups -OCH3 is 1. The van der Waals surface area contributed by atoms with E-state index in [9.17, 15) is 5.11 Å². The third kappa shape index (κ3) is 2.67. The third-order valence-electron chi connectivity index (χ3n) is 3.58. The van der Waals surface area contributed by atoms with E-state index in [0.29, 0.717) is 50.0 Å². The summed E-state index contributed by atoms with van der Waals surface area (Å²) in [6.07, 6.45) is 0.671. The van der Waals surface area contributed by atoms with Gasteiger partial charge in [0.25, 0.3) is 0 Å². The summed E-state index contributed by atoms with van der Waals surface area (Å²) in [7, 11) is 1.60. The molecule has 0 bridgehead atoms. The first-order chi connectivity index (χ1) is 9.70. The first kappa shape index (κ1) is 13.5. The number of ether oxygens (including phenoxy) is 4. The molecule has 6 heteroatoms. The molecular weight excluding hydrogens is 262 g/mol. The second-order valence-corrected chi connectivity index (χ2v) is 5.16. The molecule has 1 atom stereocenters. The zero-order chi connectivity index (χ0) is 14.0. The van der Waals surface area contributed by atoms with Gasteiger partial charge in [-0.1, -0.05) is 0 Å². The van der Waals surface area contributed by atoms with Crippen LogP contribution in [0.1, 0.15) is 12.0 Å². The zero-order valence-corrected chi connectivity index (χ0v) is 11.5. The van der Waals surface area contributed by atoms with Crippen molar-refractivity contribution in [2.75, 3.05) is 33.7 Å². The summed E-state index contributed by atoms with van der Waals surface area (Å²) < 4.78 is 21.2. The van der Waals surface area contributed by atoms with Crippen LogP contribution in [0.2, 0.25) is 0 Å². The van der Waals surface area contributed by atoms with E-state index in [4.69, 9.17) is 18.9 Å². The number of benzene rings is 1. The van der Waals surface area contributed by atoms with Gasteiger partial charge in [-0.05, 0) is 17.7 Å². The fourth-order valence-corrected chi connectivity index (χ4v) is 2.46. The first-order valence-corrected chi connectivity index (χ1v) is 6.67. The summed E-state index contributed by atoms with van der Waals surface area (Å²) in [6.45, 7) is 2.36. The Labute approximate surface area is 117 Å². The monoisotopic (exact) mass is 281 g/mol. The molecule has 1 aromatic rings. The molecule has 0 amide bonds. The van der Waals surface area contributed by atoms with Gasteiger partial charge < -0.3 is 29.4 Å². The highest BCUT2D eigenvalue weighted by molar-refractivity contribution is 5.55. The van der Waals surface area contributed by atoms with E-state index >= 15 is 0 Å². The van der Waals surface area contributed by atoms with Gasteiger partial charge in [-0.25, -0.2) is 0 Å². The van der Waals surface area contributed by atoms with Crippen LogP contribution in [-0.2, 0) is 11.3 Å². The summed E-state index contributed by atoms with van der Waals surface area (Å²) in [5.74, 6) is 2.02. The van der Waals surface area contributed by atoms with Crippen LogP contribution in [0.5, 0.6) is 17.2 Å². The molecule has 2 aliphatic heterocycles. The fourth-order valence-electron chi connectivity index (χ4n) is 2.46. The molecule has 110 valence electrons. The van der Waals surface area contributed by atoms with E-state index < -0.39 is 5.60 Å². The number of hydrogen-bond acceptors (Lipinski definition) is 6. The van der Waals surface area contributed by atoms with Gasteiger partial charge >= 0.3 is 0 Å². The fraction of sp³-hybridized carbons (Fsp3) is 0.571. The molecule has 1 saturated heterocycles. The van der Waals surface area contributed by atoms with Crippen molar-refractivity contribution < 1.29 is 24.1 Å². The number of hydrogen-bond donors (Lipinski definition) is 2. The predicted molar refractivity (Wildman–Crippen MR) is 71.2 cm³/mol. The molecule has 1 unspecified atom stereocenters. The highest BCUT2D eigenvalue weighted by Gasteiger charge is 2.31. The maximum absolute atomic E-state index is 10.2. The van der Waals surface area contributed by atoms with Crippen LogP contribution in [0, 0.1) is 0 Å². The van der Waals surface area contributed by atoms with Crippen LogP contribution in [0.4, 0.5) is 0 Å². The molecule has 1 fully saturated rings. The van der Waals surface area contributed by atoms with Crippen molar-refractivity contribution in [2.24, 2.45) is 0 Å². The molecule has 0 saturated carbocycles. The first-order valence-electron chi connectivity index (χ1n) is 6.67. The van der Waals surface area contributed by atoms with Crippen molar-refractivity contribution in [3.05, 3.63) is 17.7 Å². The largest absolute Gasteiger partial charge is 0.493 e. The highest BCUT2D eigenvalue weighted by Crippen LogP contribution is 2.41. The van der Waals surface area contributed by atoms with Gasteiger partial charge in [0.05, 0.1) is 13.7 Å².